The molecule has 0 aromatic heterocycles. The summed E-state index contributed by atoms with van der Waals surface area (Å²) in [6.07, 6.45) is 2.26. The van der Waals surface area contributed by atoms with E-state index in [1.807, 2.05) is 0 Å². The van der Waals surface area contributed by atoms with Crippen LogP contribution >= 0.6 is 0 Å². The molecule has 0 bridgehead atoms. The molecule has 8 N–H and O–H groups in total. The van der Waals surface area contributed by atoms with Crippen LogP contribution in [0.3, 0.4) is 0 Å². The molecule has 0 aliphatic carbocycles. The van der Waals surface area contributed by atoms with Crippen LogP contribution in [0.25, 0.3) is 0 Å². The molecule has 0 amide bonds. The van der Waals surface area contributed by atoms with Gasteiger partial charge >= 0.3 is 0 Å². The van der Waals surface area contributed by atoms with Crippen molar-refractivity contribution in [1.29, 1.82) is 0 Å². The largest absolute Gasteiger partial charge is 0.759 e. The highest BCUT2D eigenvalue weighted by atomic mass is 32.3. The predicted octanol–water partition coefficient (Wildman–Crippen LogP) is -0.586. The topological polar surface area (TPSA) is 176 Å². The van der Waals surface area contributed by atoms with Crippen LogP contribution in [-0.4, -0.2) is 53.6 Å². The lowest BCUT2D eigenvalue weighted by Gasteiger charge is -2.20. The average Bonchev–Trinajstić information content (AvgIpc) is 2.62. The van der Waals surface area contributed by atoms with E-state index in [-0.39, 0.29) is 11.0 Å². The van der Waals surface area contributed by atoms with E-state index in [0.29, 0.717) is 11.1 Å². The van der Waals surface area contributed by atoms with Crippen molar-refractivity contribution in [3.05, 3.63) is 71.8 Å². The summed E-state index contributed by atoms with van der Waals surface area (Å²) in [5.74, 6) is 0. The minimum Gasteiger partial charge on any atom is -0.759 e. The normalized spacial score (nSPS) is 10.8. The summed E-state index contributed by atoms with van der Waals surface area (Å²) in [5, 5.41) is 4.53. The van der Waals surface area contributed by atoms with E-state index >= 15 is 0 Å². The molecular weight excluding hydrogens is 420 g/mol. The maximum Gasteiger partial charge on any atom is 0.0943 e. The molecule has 2 aromatic rings. The van der Waals surface area contributed by atoms with Gasteiger partial charge in [-0.3, -0.25) is 8.42 Å². The zero-order valence-electron chi connectivity index (χ0n) is 19.4. The summed E-state index contributed by atoms with van der Waals surface area (Å²) in [4.78, 5) is 0. The third-order valence-corrected chi connectivity index (χ3v) is 4.57. The fourth-order valence-electron chi connectivity index (χ4n) is 2.45. The van der Waals surface area contributed by atoms with Crippen LogP contribution in [0, 0.1) is 0 Å². The molecule has 0 saturated heterocycles. The van der Waals surface area contributed by atoms with Gasteiger partial charge < -0.3 is 30.7 Å². The van der Waals surface area contributed by atoms with Crippen molar-refractivity contribution in [2.45, 2.75) is 51.6 Å². The van der Waals surface area contributed by atoms with Crippen molar-refractivity contribution in [1.82, 2.24) is 0 Å². The molecule has 0 aliphatic rings. The third kappa shape index (κ3) is 21.2. The summed E-state index contributed by atoms with van der Waals surface area (Å²) >= 11 is 0. The maximum absolute atomic E-state index is 8.52. The first-order chi connectivity index (χ1) is 13.3. The van der Waals surface area contributed by atoms with Gasteiger partial charge in [0.05, 0.1) is 25.2 Å². The van der Waals surface area contributed by atoms with E-state index in [4.69, 9.17) is 17.5 Å². The van der Waals surface area contributed by atoms with Gasteiger partial charge in [-0.05, 0) is 38.8 Å². The number of benzene rings is 2. The zero-order valence-corrected chi connectivity index (χ0v) is 20.2. The van der Waals surface area contributed by atoms with E-state index in [1.54, 1.807) is 0 Å². The minimum absolute atomic E-state index is 0. The van der Waals surface area contributed by atoms with E-state index in [0.717, 1.165) is 12.8 Å². The monoisotopic (exact) mass is 460 g/mol. The minimum atomic E-state index is -5.17. The van der Waals surface area contributed by atoms with Crippen molar-refractivity contribution >= 4 is 10.4 Å². The molecule has 0 heterocycles. The molecule has 0 spiro atoms. The molecule has 180 valence electrons. The SMILES string of the molecule is C[NH2+]C(C)(C)Cc1ccccc1.C[NH2+]C(C)(C)Cc1ccccc1.O.O.O=S(=O)([O-])[O-]. The van der Waals surface area contributed by atoms with Gasteiger partial charge in [0, 0.05) is 23.2 Å². The molecule has 0 radical (unpaired) electrons. The predicted molar refractivity (Wildman–Crippen MR) is 122 cm³/mol. The van der Waals surface area contributed by atoms with Gasteiger partial charge in [-0.15, -0.1) is 0 Å². The Morgan fingerprint density at radius 1 is 0.677 bits per heavy atom. The molecular formula is C22H40N2O6S. The van der Waals surface area contributed by atoms with Crippen LogP contribution in [-0.2, 0) is 23.2 Å². The number of hydrogen-bond donors (Lipinski definition) is 2. The Bertz CT molecular complexity index is 721. The van der Waals surface area contributed by atoms with Crippen molar-refractivity contribution < 1.29 is 39.1 Å². The molecule has 0 aliphatic heterocycles. The summed E-state index contributed by atoms with van der Waals surface area (Å²) in [7, 11) is -0.911. The number of likely N-dealkylation sites (N-methyl/N-ethyl adjacent to an activating group) is 2. The highest BCUT2D eigenvalue weighted by Crippen LogP contribution is 2.08. The number of hydrogen-bond acceptors (Lipinski definition) is 4. The number of rotatable bonds is 6. The van der Waals surface area contributed by atoms with Crippen LogP contribution in [0.1, 0.15) is 38.8 Å². The first kappa shape index (κ1) is 33.8. The van der Waals surface area contributed by atoms with Crippen LogP contribution in [0.4, 0.5) is 0 Å². The van der Waals surface area contributed by atoms with Gasteiger partial charge in [0.1, 0.15) is 0 Å². The Kier molecular flexibility index (Phi) is 17.3. The average molecular weight is 461 g/mol. The summed E-state index contributed by atoms with van der Waals surface area (Å²) < 4.78 is 34.1. The lowest BCUT2D eigenvalue weighted by molar-refractivity contribution is -0.696. The summed E-state index contributed by atoms with van der Waals surface area (Å²) in [6.45, 7) is 9.06. The second kappa shape index (κ2) is 15.9. The first-order valence-electron chi connectivity index (χ1n) is 9.63. The van der Waals surface area contributed by atoms with Gasteiger partial charge in [0.2, 0.25) is 0 Å². The summed E-state index contributed by atoms with van der Waals surface area (Å²) in [6, 6.07) is 21.3. The lowest BCUT2D eigenvalue weighted by atomic mass is 9.95. The molecule has 2 aromatic carbocycles. The van der Waals surface area contributed by atoms with Crippen molar-refractivity contribution in [2.75, 3.05) is 14.1 Å². The summed E-state index contributed by atoms with van der Waals surface area (Å²) in [5.41, 5.74) is 3.48. The molecule has 0 saturated carbocycles. The van der Waals surface area contributed by atoms with Gasteiger partial charge in [-0.2, -0.15) is 0 Å². The van der Waals surface area contributed by atoms with Crippen LogP contribution < -0.4 is 10.6 Å². The highest BCUT2D eigenvalue weighted by Gasteiger charge is 2.19. The Labute approximate surface area is 187 Å². The first-order valence-corrected chi connectivity index (χ1v) is 11.0. The number of quaternary nitrogens is 2. The second-order valence-electron chi connectivity index (χ2n) is 8.29. The highest BCUT2D eigenvalue weighted by molar-refractivity contribution is 7.79. The van der Waals surface area contributed by atoms with Crippen molar-refractivity contribution in [3.8, 4) is 0 Å². The number of nitrogens with two attached hydrogens (primary N) is 2. The van der Waals surface area contributed by atoms with Gasteiger partial charge in [0.15, 0.2) is 0 Å². The maximum atomic E-state index is 8.52. The van der Waals surface area contributed by atoms with Crippen molar-refractivity contribution in [2.24, 2.45) is 0 Å². The van der Waals surface area contributed by atoms with E-state index in [1.165, 1.54) is 11.1 Å². The standard InChI is InChI=1S/2C11H17N.H2O4S.2H2O/c2*1-11(2,12-3)9-10-7-5-4-6-8-10;1-5(2,3)4;;/h2*4-8,12H,9H2,1-3H3;(H2,1,2,3,4);2*1H2. The van der Waals surface area contributed by atoms with Crippen LogP contribution in [0.15, 0.2) is 60.7 Å². The molecule has 9 heteroatoms. The molecule has 8 nitrogen and oxygen atoms in total. The van der Waals surface area contributed by atoms with Gasteiger partial charge in [-0.1, -0.05) is 60.7 Å². The fourth-order valence-corrected chi connectivity index (χ4v) is 2.45. The fraction of sp³-hybridized carbons (Fsp3) is 0.455. The quantitative estimate of drug-likeness (QED) is 0.433. The van der Waals surface area contributed by atoms with Crippen molar-refractivity contribution in [3.63, 3.8) is 0 Å². The Hall–Kier alpha value is -1.85. The molecule has 2 rings (SSSR count). The Balaban J connectivity index is -0.000000397. The Morgan fingerprint density at radius 3 is 1.10 bits per heavy atom. The Morgan fingerprint density at radius 2 is 0.903 bits per heavy atom. The lowest BCUT2D eigenvalue weighted by Crippen LogP contribution is -2.92. The smallest absolute Gasteiger partial charge is 0.0943 e. The molecule has 0 fully saturated rings. The molecule has 31 heavy (non-hydrogen) atoms. The van der Waals surface area contributed by atoms with Crippen LogP contribution in [0.2, 0.25) is 0 Å². The van der Waals surface area contributed by atoms with E-state index in [2.05, 4.69) is 113 Å². The molecule has 0 atom stereocenters. The zero-order chi connectivity index (χ0) is 22.6. The van der Waals surface area contributed by atoms with Crippen LogP contribution in [0.5, 0.6) is 0 Å². The third-order valence-electron chi connectivity index (χ3n) is 4.57. The van der Waals surface area contributed by atoms with E-state index < -0.39 is 10.4 Å². The van der Waals surface area contributed by atoms with E-state index in [9.17, 15) is 0 Å². The van der Waals surface area contributed by atoms with Gasteiger partial charge in [0.25, 0.3) is 0 Å². The second-order valence-corrected chi connectivity index (χ2v) is 9.10. The molecule has 0 unspecified atom stereocenters. The van der Waals surface area contributed by atoms with Gasteiger partial charge in [-0.25, -0.2) is 0 Å².